The zero-order valence-corrected chi connectivity index (χ0v) is 10.9. The second-order valence-electron chi connectivity index (χ2n) is 4.07. The Bertz CT molecular complexity index is 662. The van der Waals surface area contributed by atoms with E-state index >= 15 is 0 Å². The molecule has 5 heteroatoms. The molecule has 0 aliphatic heterocycles. The van der Waals surface area contributed by atoms with Crippen molar-refractivity contribution in [2.45, 2.75) is 6.92 Å². The molecule has 0 N–H and O–H groups in total. The van der Waals surface area contributed by atoms with E-state index in [4.69, 9.17) is 5.26 Å². The number of hydrogen-bond acceptors (Lipinski definition) is 3. The van der Waals surface area contributed by atoms with Gasteiger partial charge in [0.2, 0.25) is 0 Å². The molecule has 2 aromatic rings. The van der Waals surface area contributed by atoms with Crippen LogP contribution < -0.4 is 4.90 Å². The third-order valence-electron chi connectivity index (χ3n) is 2.79. The fourth-order valence-electron chi connectivity index (χ4n) is 1.81. The predicted octanol–water partition coefficient (Wildman–Crippen LogP) is 2.76. The number of carbonyl (C=O) groups excluding carboxylic acids is 1. The van der Waals surface area contributed by atoms with Crippen LogP contribution in [-0.2, 0) is 0 Å². The number of aromatic nitrogens is 1. The number of benzene rings is 1. The van der Waals surface area contributed by atoms with E-state index in [1.54, 1.807) is 19.1 Å². The summed E-state index contributed by atoms with van der Waals surface area (Å²) in [6.07, 6.45) is 1.34. The Labute approximate surface area is 116 Å². The molecule has 0 saturated heterocycles. The number of hydrogen-bond donors (Lipinski definition) is 0. The van der Waals surface area contributed by atoms with Gasteiger partial charge in [-0.25, -0.2) is 9.37 Å². The van der Waals surface area contributed by atoms with Gasteiger partial charge in [0.1, 0.15) is 17.6 Å². The van der Waals surface area contributed by atoms with Crippen molar-refractivity contribution in [1.29, 1.82) is 5.26 Å². The molecule has 0 aliphatic carbocycles. The fraction of sp³-hybridized carbons (Fsp3) is 0.133. The molecule has 0 unspecified atom stereocenters. The Kier molecular flexibility index (Phi) is 4.06. The highest BCUT2D eigenvalue weighted by molar-refractivity contribution is 6.04. The van der Waals surface area contributed by atoms with Crippen LogP contribution in [0.25, 0.3) is 0 Å². The Balaban J connectivity index is 2.31. The Morgan fingerprint density at radius 3 is 2.75 bits per heavy atom. The van der Waals surface area contributed by atoms with Crippen LogP contribution in [0.5, 0.6) is 0 Å². The van der Waals surface area contributed by atoms with Gasteiger partial charge in [-0.05, 0) is 37.3 Å². The van der Waals surface area contributed by atoms with E-state index in [1.807, 2.05) is 6.07 Å². The lowest BCUT2D eigenvalue weighted by molar-refractivity contribution is 0.0983. The van der Waals surface area contributed by atoms with Gasteiger partial charge >= 0.3 is 0 Å². The number of pyridine rings is 1. The number of amides is 1. The van der Waals surface area contributed by atoms with Crippen molar-refractivity contribution in [3.8, 4) is 6.07 Å². The lowest BCUT2D eigenvalue weighted by Crippen LogP contribution is -2.31. The monoisotopic (exact) mass is 269 g/mol. The first-order valence-electron chi connectivity index (χ1n) is 6.09. The number of anilines is 1. The smallest absolute Gasteiger partial charge is 0.276 e. The molecule has 0 fully saturated rings. The van der Waals surface area contributed by atoms with Gasteiger partial charge in [0.05, 0.1) is 5.56 Å². The Morgan fingerprint density at radius 1 is 1.40 bits per heavy atom. The first kappa shape index (κ1) is 13.7. The van der Waals surface area contributed by atoms with Crippen LogP contribution in [0.3, 0.4) is 0 Å². The van der Waals surface area contributed by atoms with Crippen molar-refractivity contribution < 1.29 is 9.18 Å². The molecule has 0 spiro atoms. The summed E-state index contributed by atoms with van der Waals surface area (Å²) in [4.78, 5) is 17.7. The van der Waals surface area contributed by atoms with Crippen LogP contribution >= 0.6 is 0 Å². The minimum atomic E-state index is -0.401. The highest BCUT2D eigenvalue weighted by atomic mass is 19.1. The van der Waals surface area contributed by atoms with Crippen molar-refractivity contribution in [3.63, 3.8) is 0 Å². The highest BCUT2D eigenvalue weighted by Gasteiger charge is 2.17. The normalized spacial score (nSPS) is 9.85. The molecule has 0 bridgehead atoms. The topological polar surface area (TPSA) is 57.0 Å². The number of carbonyl (C=O) groups is 1. The van der Waals surface area contributed by atoms with E-state index in [0.29, 0.717) is 17.8 Å². The zero-order chi connectivity index (χ0) is 14.5. The molecule has 0 radical (unpaired) electrons. The maximum Gasteiger partial charge on any atom is 0.276 e. The lowest BCUT2D eigenvalue weighted by Gasteiger charge is -2.20. The van der Waals surface area contributed by atoms with Crippen molar-refractivity contribution in [1.82, 2.24) is 4.98 Å². The molecule has 0 aliphatic rings. The average Bonchev–Trinajstić information content (AvgIpc) is 2.48. The number of rotatable bonds is 3. The lowest BCUT2D eigenvalue weighted by atomic mass is 10.2. The van der Waals surface area contributed by atoms with Crippen molar-refractivity contribution >= 4 is 11.6 Å². The fourth-order valence-corrected chi connectivity index (χ4v) is 1.81. The van der Waals surface area contributed by atoms with Gasteiger partial charge in [0.25, 0.3) is 5.91 Å². The molecule has 1 aromatic carbocycles. The molecule has 2 rings (SSSR count). The van der Waals surface area contributed by atoms with Crippen LogP contribution in [0.1, 0.15) is 23.0 Å². The van der Waals surface area contributed by atoms with E-state index in [1.165, 1.54) is 35.4 Å². The van der Waals surface area contributed by atoms with Crippen molar-refractivity contribution in [2.75, 3.05) is 11.4 Å². The number of nitriles is 1. The first-order valence-corrected chi connectivity index (χ1v) is 6.09. The molecular formula is C15H12FN3O. The molecule has 20 heavy (non-hydrogen) atoms. The summed E-state index contributed by atoms with van der Waals surface area (Å²) in [5, 5.41) is 8.70. The molecule has 1 heterocycles. The summed E-state index contributed by atoms with van der Waals surface area (Å²) < 4.78 is 13.2. The summed E-state index contributed by atoms with van der Waals surface area (Å²) in [5.41, 5.74) is 1.08. The van der Waals surface area contributed by atoms with Crippen LogP contribution in [0.4, 0.5) is 10.1 Å². The second kappa shape index (κ2) is 5.93. The predicted molar refractivity (Wildman–Crippen MR) is 72.7 cm³/mol. The van der Waals surface area contributed by atoms with E-state index in [0.717, 1.165) is 0 Å². The Morgan fingerprint density at radius 2 is 2.20 bits per heavy atom. The average molecular weight is 269 g/mol. The maximum atomic E-state index is 13.2. The van der Waals surface area contributed by atoms with Gasteiger partial charge in [-0.15, -0.1) is 0 Å². The highest BCUT2D eigenvalue weighted by Crippen LogP contribution is 2.17. The standard InChI is InChI=1S/C15H12FN3O/c1-2-19(13-5-3-4-12(16)8-13)15(20)14-7-6-11(9-17)10-18-14/h3-8,10H,2H2,1H3. The van der Waals surface area contributed by atoms with E-state index in [9.17, 15) is 9.18 Å². The van der Waals surface area contributed by atoms with Crippen LogP contribution in [0.15, 0.2) is 42.6 Å². The van der Waals surface area contributed by atoms with Gasteiger partial charge in [-0.3, -0.25) is 4.79 Å². The largest absolute Gasteiger partial charge is 0.307 e. The van der Waals surface area contributed by atoms with Crippen LogP contribution in [-0.4, -0.2) is 17.4 Å². The number of halogens is 1. The van der Waals surface area contributed by atoms with E-state index in [-0.39, 0.29) is 11.6 Å². The first-order chi connectivity index (χ1) is 9.65. The van der Waals surface area contributed by atoms with Gasteiger partial charge < -0.3 is 4.90 Å². The Hall–Kier alpha value is -2.74. The van der Waals surface area contributed by atoms with Crippen LogP contribution in [0.2, 0.25) is 0 Å². The molecular weight excluding hydrogens is 257 g/mol. The van der Waals surface area contributed by atoms with Gasteiger partial charge in [-0.2, -0.15) is 5.26 Å². The minimum Gasteiger partial charge on any atom is -0.307 e. The summed E-state index contributed by atoms with van der Waals surface area (Å²) in [6.45, 7) is 2.19. The van der Waals surface area contributed by atoms with Crippen molar-refractivity contribution in [3.05, 3.63) is 59.7 Å². The molecule has 1 aromatic heterocycles. The third-order valence-corrected chi connectivity index (χ3v) is 2.79. The van der Waals surface area contributed by atoms with Gasteiger partial charge in [0.15, 0.2) is 0 Å². The molecule has 0 saturated carbocycles. The summed E-state index contributed by atoms with van der Waals surface area (Å²) >= 11 is 0. The van der Waals surface area contributed by atoms with Crippen LogP contribution in [0, 0.1) is 17.1 Å². The molecule has 1 amide bonds. The molecule has 100 valence electrons. The second-order valence-corrected chi connectivity index (χ2v) is 4.07. The van der Waals surface area contributed by atoms with Gasteiger partial charge in [-0.1, -0.05) is 6.07 Å². The molecule has 0 atom stereocenters. The molecule has 4 nitrogen and oxygen atoms in total. The van der Waals surface area contributed by atoms with E-state index in [2.05, 4.69) is 4.98 Å². The maximum absolute atomic E-state index is 13.2. The minimum absolute atomic E-state index is 0.218. The van der Waals surface area contributed by atoms with Gasteiger partial charge in [0, 0.05) is 18.4 Å². The SMILES string of the molecule is CCN(C(=O)c1ccc(C#N)cn1)c1cccc(F)c1. The summed E-state index contributed by atoms with van der Waals surface area (Å²) in [7, 11) is 0. The summed E-state index contributed by atoms with van der Waals surface area (Å²) in [5.74, 6) is -0.732. The summed E-state index contributed by atoms with van der Waals surface area (Å²) in [6, 6.07) is 10.8. The quantitative estimate of drug-likeness (QED) is 0.860. The van der Waals surface area contributed by atoms with Crippen molar-refractivity contribution in [2.24, 2.45) is 0 Å². The third kappa shape index (κ3) is 2.81. The number of nitrogens with zero attached hydrogens (tertiary/aromatic N) is 3. The van der Waals surface area contributed by atoms with E-state index < -0.39 is 5.82 Å². The zero-order valence-electron chi connectivity index (χ0n) is 10.9.